The zero-order valence-electron chi connectivity index (χ0n) is 14.0. The van der Waals surface area contributed by atoms with E-state index >= 15 is 0 Å². The van der Waals surface area contributed by atoms with Crippen LogP contribution in [0.15, 0.2) is 18.2 Å². The number of nitrogens with one attached hydrogen (secondary N) is 1. The summed E-state index contributed by atoms with van der Waals surface area (Å²) in [5, 5.41) is 13.0. The van der Waals surface area contributed by atoms with E-state index in [1.54, 1.807) is 0 Å². The lowest BCUT2D eigenvalue weighted by molar-refractivity contribution is 0.126. The highest BCUT2D eigenvalue weighted by molar-refractivity contribution is 5.47. The number of aliphatic hydroxyl groups is 1. The average Bonchev–Trinajstić information content (AvgIpc) is 2.82. The van der Waals surface area contributed by atoms with Crippen LogP contribution in [0.1, 0.15) is 50.5 Å². The maximum atomic E-state index is 9.43. The van der Waals surface area contributed by atoms with Crippen LogP contribution in [0.25, 0.3) is 0 Å². The predicted molar refractivity (Wildman–Crippen MR) is 91.0 cm³/mol. The van der Waals surface area contributed by atoms with Gasteiger partial charge in [-0.1, -0.05) is 31.4 Å². The third kappa shape index (κ3) is 4.18. The van der Waals surface area contributed by atoms with Crippen LogP contribution in [-0.4, -0.2) is 31.5 Å². The van der Waals surface area contributed by atoms with Crippen LogP contribution >= 0.6 is 0 Å². The fraction of sp³-hybridized carbons (Fsp3) is 0.684. The van der Waals surface area contributed by atoms with Gasteiger partial charge in [-0.15, -0.1) is 0 Å². The first-order chi connectivity index (χ1) is 11.3. The molecule has 1 aliphatic carbocycles. The van der Waals surface area contributed by atoms with Crippen molar-refractivity contribution in [3.63, 3.8) is 0 Å². The second-order valence-corrected chi connectivity index (χ2v) is 6.93. The molecule has 4 nitrogen and oxygen atoms in total. The molecule has 0 spiro atoms. The van der Waals surface area contributed by atoms with Crippen LogP contribution in [0.3, 0.4) is 0 Å². The zero-order chi connectivity index (χ0) is 16.0. The molecule has 1 aromatic carbocycles. The maximum absolute atomic E-state index is 9.43. The number of rotatable bonds is 6. The number of ether oxygens (including phenoxy) is 2. The Kier molecular flexibility index (Phi) is 5.79. The van der Waals surface area contributed by atoms with E-state index in [9.17, 15) is 5.11 Å². The van der Waals surface area contributed by atoms with Gasteiger partial charge in [0.25, 0.3) is 0 Å². The second kappa shape index (κ2) is 8.02. The van der Waals surface area contributed by atoms with E-state index in [0.717, 1.165) is 50.6 Å². The van der Waals surface area contributed by atoms with Crippen LogP contribution in [0.4, 0.5) is 0 Å². The summed E-state index contributed by atoms with van der Waals surface area (Å²) in [7, 11) is 0. The summed E-state index contributed by atoms with van der Waals surface area (Å²) in [5.41, 5.74) is 1.44. The highest BCUT2D eigenvalue weighted by Gasteiger charge is 2.31. The topological polar surface area (TPSA) is 50.7 Å². The summed E-state index contributed by atoms with van der Waals surface area (Å²) in [6.07, 6.45) is 8.22. The quantitative estimate of drug-likeness (QED) is 0.845. The van der Waals surface area contributed by atoms with Crippen molar-refractivity contribution in [3.8, 4) is 11.5 Å². The third-order valence-corrected chi connectivity index (χ3v) is 5.22. The van der Waals surface area contributed by atoms with Crippen molar-refractivity contribution in [1.29, 1.82) is 0 Å². The molecule has 2 aliphatic rings. The van der Waals surface area contributed by atoms with Gasteiger partial charge >= 0.3 is 0 Å². The van der Waals surface area contributed by atoms with Crippen LogP contribution < -0.4 is 14.8 Å². The Morgan fingerprint density at radius 2 is 1.87 bits per heavy atom. The molecule has 2 N–H and O–H groups in total. The molecule has 0 atom stereocenters. The van der Waals surface area contributed by atoms with Crippen LogP contribution in [-0.2, 0) is 6.54 Å². The molecule has 0 saturated heterocycles. The number of hydrogen-bond donors (Lipinski definition) is 2. The Hall–Kier alpha value is -1.26. The Morgan fingerprint density at radius 3 is 2.70 bits per heavy atom. The van der Waals surface area contributed by atoms with Crippen molar-refractivity contribution < 1.29 is 14.6 Å². The van der Waals surface area contributed by atoms with Gasteiger partial charge in [0.15, 0.2) is 11.5 Å². The first-order valence-corrected chi connectivity index (χ1v) is 9.02. The van der Waals surface area contributed by atoms with Crippen molar-refractivity contribution in [1.82, 2.24) is 5.32 Å². The molecule has 3 rings (SSSR count). The highest BCUT2D eigenvalue weighted by atomic mass is 16.5. The van der Waals surface area contributed by atoms with E-state index in [4.69, 9.17) is 9.47 Å². The molecule has 0 bridgehead atoms. The highest BCUT2D eigenvalue weighted by Crippen LogP contribution is 2.39. The van der Waals surface area contributed by atoms with E-state index in [2.05, 4.69) is 11.4 Å². The summed E-state index contributed by atoms with van der Waals surface area (Å²) in [6.45, 7) is 3.50. The van der Waals surface area contributed by atoms with Gasteiger partial charge in [-0.05, 0) is 30.7 Å². The molecular formula is C19H29NO3. The lowest BCUT2D eigenvalue weighted by Crippen LogP contribution is -2.36. The van der Waals surface area contributed by atoms with E-state index in [1.165, 1.54) is 37.7 Å². The number of aliphatic hydroxyl groups excluding tert-OH is 1. The molecule has 0 aromatic heterocycles. The minimum absolute atomic E-state index is 0.274. The van der Waals surface area contributed by atoms with Crippen LogP contribution in [0, 0.1) is 5.41 Å². The Labute approximate surface area is 139 Å². The largest absolute Gasteiger partial charge is 0.490 e. The average molecular weight is 319 g/mol. The van der Waals surface area contributed by atoms with Crippen molar-refractivity contribution in [2.45, 2.75) is 51.5 Å². The molecule has 1 fully saturated rings. The van der Waals surface area contributed by atoms with E-state index in [0.29, 0.717) is 6.61 Å². The lowest BCUT2D eigenvalue weighted by Gasteiger charge is -2.37. The van der Waals surface area contributed by atoms with Crippen molar-refractivity contribution in [2.75, 3.05) is 26.4 Å². The maximum Gasteiger partial charge on any atom is 0.165 e. The Balaban J connectivity index is 1.61. The molecule has 4 heteroatoms. The summed E-state index contributed by atoms with van der Waals surface area (Å²) in [6, 6.07) is 6.13. The summed E-state index contributed by atoms with van der Waals surface area (Å²) < 4.78 is 11.6. The number of para-hydroxylation sites is 1. The molecular weight excluding hydrogens is 290 g/mol. The number of benzene rings is 1. The van der Waals surface area contributed by atoms with Gasteiger partial charge in [0.05, 0.1) is 13.2 Å². The Morgan fingerprint density at radius 1 is 1.04 bits per heavy atom. The van der Waals surface area contributed by atoms with Gasteiger partial charge in [-0.25, -0.2) is 0 Å². The number of fused-ring (bicyclic) bond motifs is 1. The molecule has 1 heterocycles. The molecule has 0 unspecified atom stereocenters. The molecule has 23 heavy (non-hydrogen) atoms. The first-order valence-electron chi connectivity index (χ1n) is 9.02. The van der Waals surface area contributed by atoms with Gasteiger partial charge in [-0.3, -0.25) is 0 Å². The van der Waals surface area contributed by atoms with E-state index in [1.807, 2.05) is 12.1 Å². The fourth-order valence-electron chi connectivity index (χ4n) is 3.91. The van der Waals surface area contributed by atoms with Crippen molar-refractivity contribution in [3.05, 3.63) is 23.8 Å². The third-order valence-electron chi connectivity index (χ3n) is 5.22. The molecule has 1 aromatic rings. The SMILES string of the molecule is OCCC1(CNCc2cccc3c2OCCCO3)CCCCC1. The van der Waals surface area contributed by atoms with E-state index in [-0.39, 0.29) is 5.41 Å². The first kappa shape index (κ1) is 16.6. The monoisotopic (exact) mass is 319 g/mol. The summed E-state index contributed by atoms with van der Waals surface area (Å²) >= 11 is 0. The summed E-state index contributed by atoms with van der Waals surface area (Å²) in [4.78, 5) is 0. The van der Waals surface area contributed by atoms with Crippen LogP contribution in [0.2, 0.25) is 0 Å². The van der Waals surface area contributed by atoms with E-state index < -0.39 is 0 Å². The zero-order valence-corrected chi connectivity index (χ0v) is 14.0. The summed E-state index contributed by atoms with van der Waals surface area (Å²) in [5.74, 6) is 1.77. The molecule has 128 valence electrons. The van der Waals surface area contributed by atoms with Crippen LogP contribution in [0.5, 0.6) is 11.5 Å². The number of hydrogen-bond acceptors (Lipinski definition) is 4. The van der Waals surface area contributed by atoms with Gasteiger partial charge in [0, 0.05) is 31.7 Å². The van der Waals surface area contributed by atoms with Crippen molar-refractivity contribution in [2.24, 2.45) is 5.41 Å². The fourth-order valence-corrected chi connectivity index (χ4v) is 3.91. The lowest BCUT2D eigenvalue weighted by atomic mass is 9.72. The molecule has 0 amide bonds. The minimum atomic E-state index is 0.274. The van der Waals surface area contributed by atoms with Gasteiger partial charge in [0.1, 0.15) is 0 Å². The smallest absolute Gasteiger partial charge is 0.165 e. The van der Waals surface area contributed by atoms with Gasteiger partial charge in [0.2, 0.25) is 0 Å². The second-order valence-electron chi connectivity index (χ2n) is 6.93. The Bertz CT molecular complexity index is 492. The normalized spacial score (nSPS) is 20.0. The molecule has 1 saturated carbocycles. The van der Waals surface area contributed by atoms with Crippen molar-refractivity contribution >= 4 is 0 Å². The molecule has 1 aliphatic heterocycles. The standard InChI is InChI=1S/C19H29NO3/c21-11-10-19(8-2-1-3-9-19)15-20-14-16-6-4-7-17-18(16)23-13-5-12-22-17/h4,6-7,20-21H,1-3,5,8-15H2. The van der Waals surface area contributed by atoms with Gasteiger partial charge in [-0.2, -0.15) is 0 Å². The predicted octanol–water partition coefficient (Wildman–Crippen LogP) is 3.27. The minimum Gasteiger partial charge on any atom is -0.490 e. The molecule has 0 radical (unpaired) electrons. The van der Waals surface area contributed by atoms with Gasteiger partial charge < -0.3 is 19.9 Å².